The van der Waals surface area contributed by atoms with Crippen LogP contribution in [0.25, 0.3) is 228 Å². The lowest BCUT2D eigenvalue weighted by molar-refractivity contribution is 0.661. The van der Waals surface area contributed by atoms with Crippen LogP contribution in [0.15, 0.2) is 376 Å². The maximum atomic E-state index is 2.47. The Hall–Kier alpha value is -13.9. The molecule has 3 aliphatic rings. The second-order valence-corrected chi connectivity index (χ2v) is 37.9. The average Bonchev–Trinajstić information content (AvgIpc) is 1.57. The van der Waals surface area contributed by atoms with Gasteiger partial charge in [0.25, 0.3) is 0 Å². The second kappa shape index (κ2) is 26.1. The van der Waals surface area contributed by atoms with Crippen molar-refractivity contribution >= 4 is 117 Å². The zero-order valence-corrected chi connectivity index (χ0v) is 69.7. The van der Waals surface area contributed by atoms with Crippen LogP contribution in [0.4, 0.5) is 0 Å². The quantitative estimate of drug-likeness (QED) is 0.135. The van der Waals surface area contributed by atoms with E-state index in [0.717, 1.165) is 0 Å². The van der Waals surface area contributed by atoms with E-state index in [1.807, 2.05) is 22.7 Å². The third-order valence-corrected chi connectivity index (χ3v) is 30.4. The number of fused-ring (bicyclic) bond motifs is 22. The fraction of sp³-hybridized carbons (Fsp3) is 0.0756. The fourth-order valence-corrected chi connectivity index (χ4v) is 24.1. The molecule has 2 heterocycles. The molecule has 0 nitrogen and oxygen atoms in total. The van der Waals surface area contributed by atoms with E-state index in [0.29, 0.717) is 0 Å². The first-order chi connectivity index (χ1) is 59.1. The van der Waals surface area contributed by atoms with Gasteiger partial charge in [0.15, 0.2) is 0 Å². The molecule has 2 aromatic heterocycles. The van der Waals surface area contributed by atoms with Crippen molar-refractivity contribution in [3.8, 4) is 134 Å². The van der Waals surface area contributed by atoms with Crippen LogP contribution < -0.4 is 0 Å². The summed E-state index contributed by atoms with van der Waals surface area (Å²) < 4.78 is 5.31. The molecule has 121 heavy (non-hydrogen) atoms. The summed E-state index contributed by atoms with van der Waals surface area (Å²) in [4.78, 5) is 0. The highest BCUT2D eigenvalue weighted by atomic mass is 32.1. The molecule has 0 fully saturated rings. The molecule has 0 unspecified atom stereocenters. The molecule has 2 heteroatoms. The van der Waals surface area contributed by atoms with E-state index in [1.165, 1.54) is 261 Å². The van der Waals surface area contributed by atoms with E-state index in [-0.39, 0.29) is 16.2 Å². The van der Waals surface area contributed by atoms with E-state index in [4.69, 9.17) is 0 Å². The van der Waals surface area contributed by atoms with Gasteiger partial charge in [0.05, 0.1) is 0 Å². The third-order valence-electron chi connectivity index (χ3n) is 27.9. The first kappa shape index (κ1) is 70.2. The van der Waals surface area contributed by atoms with E-state index in [2.05, 4.69) is 418 Å². The van der Waals surface area contributed by atoms with Crippen molar-refractivity contribution in [1.82, 2.24) is 0 Å². The van der Waals surface area contributed by atoms with Crippen LogP contribution in [0.5, 0.6) is 0 Å². The maximum absolute atomic E-state index is 2.47. The molecule has 20 aromatic carbocycles. The van der Waals surface area contributed by atoms with E-state index >= 15 is 0 Å². The topological polar surface area (TPSA) is 0 Å². The summed E-state index contributed by atoms with van der Waals surface area (Å²) in [6.45, 7) is 14.5. The molecule has 25 rings (SSSR count). The molecule has 3 aliphatic carbocycles. The van der Waals surface area contributed by atoms with Crippen molar-refractivity contribution in [2.24, 2.45) is 0 Å². The summed E-state index contributed by atoms with van der Waals surface area (Å²) in [6.07, 6.45) is 0. The molecule has 0 saturated heterocycles. The third kappa shape index (κ3) is 10.8. The Bertz CT molecular complexity index is 8310. The SMILES string of the molecule is CC1(C)c2cc(-c3cccc(-c4cccc5c4sc4ccccc45)c3)ccc2-c2cc3ccc(-c4ccc5ccc(-c6ccc7cc(-c8cccc(-c9ccc%10c(c9)C(C)(C)c9c-%10ccc%10cc(-c%11ccc%12sc%13c(-c%14cccc(-c%15ccc%16c(c%15)C(C)(C)c%15c-%16ccc%16ccccc%15%16)c%14)cccc%13c%12c%11)ccc9%10)c8)ccc7c6)cc5c4)cc3cc21. The smallest absolute Gasteiger partial charge is 0.0433 e. The van der Waals surface area contributed by atoms with Gasteiger partial charge in [-0.1, -0.05) is 315 Å². The summed E-state index contributed by atoms with van der Waals surface area (Å²) in [5.41, 5.74) is 38.2. The van der Waals surface area contributed by atoms with Gasteiger partial charge in [-0.3, -0.25) is 0 Å². The molecular weight excluding hydrogens is 1490 g/mol. The van der Waals surface area contributed by atoms with Crippen LogP contribution in [-0.4, -0.2) is 0 Å². The van der Waals surface area contributed by atoms with Crippen LogP contribution in [0.2, 0.25) is 0 Å². The Kier molecular flexibility index (Phi) is 15.1. The summed E-state index contributed by atoms with van der Waals surface area (Å²) in [6, 6.07) is 144. The van der Waals surface area contributed by atoms with Gasteiger partial charge in [-0.2, -0.15) is 0 Å². The normalized spacial score (nSPS) is 13.9. The lowest BCUT2D eigenvalue weighted by atomic mass is 9.79. The fourth-order valence-electron chi connectivity index (χ4n) is 21.6. The van der Waals surface area contributed by atoms with Gasteiger partial charge in [0.2, 0.25) is 0 Å². The number of benzene rings is 20. The molecular formula is C119H80S2. The summed E-state index contributed by atoms with van der Waals surface area (Å²) in [5.74, 6) is 0. The van der Waals surface area contributed by atoms with Gasteiger partial charge >= 0.3 is 0 Å². The molecule has 22 aromatic rings. The lowest BCUT2D eigenvalue weighted by Crippen LogP contribution is -2.15. The molecule has 0 aliphatic heterocycles. The van der Waals surface area contributed by atoms with E-state index in [1.54, 1.807) is 0 Å². The van der Waals surface area contributed by atoms with Crippen molar-refractivity contribution in [3.63, 3.8) is 0 Å². The first-order valence-corrected chi connectivity index (χ1v) is 44.2. The Labute approximate surface area is 712 Å². The van der Waals surface area contributed by atoms with Crippen molar-refractivity contribution in [2.45, 2.75) is 57.8 Å². The maximum Gasteiger partial charge on any atom is 0.0433 e. The zero-order chi connectivity index (χ0) is 80.5. The Morgan fingerprint density at radius 2 is 0.488 bits per heavy atom. The summed E-state index contributed by atoms with van der Waals surface area (Å²) in [7, 11) is 0. The van der Waals surface area contributed by atoms with Crippen molar-refractivity contribution in [1.29, 1.82) is 0 Å². The number of hydrogen-bond acceptors (Lipinski definition) is 2. The van der Waals surface area contributed by atoms with Gasteiger partial charge in [-0.05, 0) is 324 Å². The summed E-state index contributed by atoms with van der Waals surface area (Å²) in [5, 5.41) is 18.0. The van der Waals surface area contributed by atoms with Gasteiger partial charge in [-0.25, -0.2) is 0 Å². The van der Waals surface area contributed by atoms with Crippen LogP contribution in [0.3, 0.4) is 0 Å². The largest absolute Gasteiger partial charge is 0.135 e. The lowest BCUT2D eigenvalue weighted by Gasteiger charge is -2.24. The molecule has 0 bridgehead atoms. The molecule has 0 spiro atoms. The monoisotopic (exact) mass is 1570 g/mol. The molecule has 568 valence electrons. The molecule has 0 amide bonds. The highest BCUT2D eigenvalue weighted by molar-refractivity contribution is 7.26. The Morgan fingerprint density at radius 3 is 1.04 bits per heavy atom. The molecule has 0 N–H and O–H groups in total. The predicted octanol–water partition coefficient (Wildman–Crippen LogP) is 34.1. The Morgan fingerprint density at radius 1 is 0.157 bits per heavy atom. The van der Waals surface area contributed by atoms with Crippen molar-refractivity contribution in [2.75, 3.05) is 0 Å². The minimum atomic E-state index is -0.216. The molecule has 0 atom stereocenters. The minimum Gasteiger partial charge on any atom is -0.135 e. The first-order valence-electron chi connectivity index (χ1n) is 42.5. The summed E-state index contributed by atoms with van der Waals surface area (Å²) >= 11 is 3.80. The van der Waals surface area contributed by atoms with Crippen molar-refractivity contribution in [3.05, 3.63) is 409 Å². The van der Waals surface area contributed by atoms with E-state index in [9.17, 15) is 0 Å². The number of rotatable bonds is 9. The minimum absolute atomic E-state index is 0.116. The Balaban J connectivity index is 0.453. The molecule has 0 saturated carbocycles. The van der Waals surface area contributed by atoms with Crippen LogP contribution in [0, 0.1) is 0 Å². The predicted molar refractivity (Wildman–Crippen MR) is 521 cm³/mol. The highest BCUT2D eigenvalue weighted by Gasteiger charge is 2.40. The van der Waals surface area contributed by atoms with E-state index < -0.39 is 0 Å². The second-order valence-electron chi connectivity index (χ2n) is 35.8. The van der Waals surface area contributed by atoms with Crippen molar-refractivity contribution < 1.29 is 0 Å². The zero-order valence-electron chi connectivity index (χ0n) is 68.1. The molecule has 0 radical (unpaired) electrons. The number of thiophene rings is 2. The van der Waals surface area contributed by atoms with Crippen LogP contribution in [0.1, 0.15) is 74.9 Å². The van der Waals surface area contributed by atoms with Crippen LogP contribution in [-0.2, 0) is 16.2 Å². The van der Waals surface area contributed by atoms with Gasteiger partial charge in [0, 0.05) is 56.6 Å². The standard InChI is InChI=1S/C119H80S2/c1-117(2)107-65-85(73-19-12-21-88(57-73)95-25-14-27-103-100-24-9-10-29-111(100)120-115(95)103)44-50-99(107)105-63-84-39-38-81(62-92(84)68-110(105)117)80-33-31-69-30-32-79(60-91(69)61-80)78-37-36-76-55-75(34-35-77(76)56-78)71-17-11-18-72(54-71)86-42-48-98-102-52-45-90-59-82(41-47-94(90)114(102)119(5,6)109(98)66-86)83-46-53-112-106(64-83)104-28-15-26-96(116(104)121-112)89-22-13-20-74(58-89)87-43-49-97-101-51-40-70-16-7-8-23-93(70)113(101)118(3,4)108(97)67-87/h7-68H,1-6H3. The average molecular weight is 1570 g/mol. The van der Waals surface area contributed by atoms with Crippen LogP contribution >= 0.6 is 22.7 Å². The van der Waals surface area contributed by atoms with Gasteiger partial charge in [-0.15, -0.1) is 22.7 Å². The highest BCUT2D eigenvalue weighted by Crippen LogP contribution is 2.57. The van der Waals surface area contributed by atoms with Gasteiger partial charge < -0.3 is 0 Å². The number of hydrogen-bond donors (Lipinski definition) is 0. The van der Waals surface area contributed by atoms with Gasteiger partial charge in [0.1, 0.15) is 0 Å².